The molecule has 0 saturated heterocycles. The van der Waals surface area contributed by atoms with Crippen molar-refractivity contribution in [2.24, 2.45) is 0 Å². The molecule has 2 fully saturated rings. The Labute approximate surface area is 123 Å². The van der Waals surface area contributed by atoms with Crippen molar-refractivity contribution in [3.63, 3.8) is 0 Å². The summed E-state index contributed by atoms with van der Waals surface area (Å²) in [5.74, 6) is 0.773. The number of carbonyl (C=O) groups is 1. The third-order valence-corrected chi connectivity index (χ3v) is 5.30. The number of para-hydroxylation sites is 1. The van der Waals surface area contributed by atoms with Gasteiger partial charge in [-0.05, 0) is 50.7 Å². The number of nitrogens with zero attached hydrogens (tertiary/aromatic N) is 2. The lowest BCUT2D eigenvalue weighted by Gasteiger charge is -2.44. The number of aromatic nitrogens is 2. The second-order valence-electron chi connectivity index (χ2n) is 6.49. The van der Waals surface area contributed by atoms with Crippen molar-refractivity contribution in [2.45, 2.75) is 56.9 Å². The van der Waals surface area contributed by atoms with Crippen LogP contribution in [-0.4, -0.2) is 20.6 Å². The van der Waals surface area contributed by atoms with Crippen LogP contribution in [0.25, 0.3) is 11.0 Å². The van der Waals surface area contributed by atoms with Crippen LogP contribution in [-0.2, 0) is 5.54 Å². The van der Waals surface area contributed by atoms with Gasteiger partial charge >= 0.3 is 5.97 Å². The molecule has 4 rings (SSSR count). The highest BCUT2D eigenvalue weighted by Gasteiger charge is 2.42. The molecule has 21 heavy (non-hydrogen) atoms. The molecule has 2 saturated carbocycles. The van der Waals surface area contributed by atoms with E-state index in [1.165, 1.54) is 32.1 Å². The fraction of sp³-hybridized carbons (Fsp3) is 0.529. The van der Waals surface area contributed by atoms with Gasteiger partial charge in [0.1, 0.15) is 11.3 Å². The van der Waals surface area contributed by atoms with Gasteiger partial charge in [-0.1, -0.05) is 13.0 Å². The number of hydrogen-bond acceptors (Lipinski definition) is 2. The molecule has 0 atom stereocenters. The van der Waals surface area contributed by atoms with Crippen LogP contribution in [0.4, 0.5) is 0 Å². The maximum Gasteiger partial charge on any atom is 0.337 e. The van der Waals surface area contributed by atoms with Crippen molar-refractivity contribution in [1.29, 1.82) is 0 Å². The molecule has 1 aromatic heterocycles. The normalized spacial score (nSPS) is 20.4. The number of carboxylic acids is 1. The summed E-state index contributed by atoms with van der Waals surface area (Å²) in [6.45, 7) is 2.24. The van der Waals surface area contributed by atoms with Crippen LogP contribution in [0.3, 0.4) is 0 Å². The molecule has 1 heterocycles. The van der Waals surface area contributed by atoms with E-state index in [0.29, 0.717) is 17.0 Å². The lowest BCUT2D eigenvalue weighted by Crippen LogP contribution is -2.40. The molecule has 0 spiro atoms. The van der Waals surface area contributed by atoms with Gasteiger partial charge in [0.15, 0.2) is 0 Å². The van der Waals surface area contributed by atoms with Gasteiger partial charge in [-0.25, -0.2) is 9.78 Å². The predicted octanol–water partition coefficient (Wildman–Crippen LogP) is 3.90. The molecule has 4 nitrogen and oxygen atoms in total. The molecule has 4 heteroatoms. The molecular formula is C17H20N2O2. The van der Waals surface area contributed by atoms with Gasteiger partial charge in [-0.2, -0.15) is 0 Å². The van der Waals surface area contributed by atoms with E-state index in [1.54, 1.807) is 6.07 Å². The van der Waals surface area contributed by atoms with Crippen LogP contribution in [0, 0.1) is 0 Å². The summed E-state index contributed by atoms with van der Waals surface area (Å²) >= 11 is 0. The van der Waals surface area contributed by atoms with E-state index in [-0.39, 0.29) is 5.54 Å². The summed E-state index contributed by atoms with van der Waals surface area (Å²) in [7, 11) is 0. The Morgan fingerprint density at radius 2 is 2.19 bits per heavy atom. The minimum atomic E-state index is -0.883. The Morgan fingerprint density at radius 1 is 1.43 bits per heavy atom. The Morgan fingerprint density at radius 3 is 2.71 bits per heavy atom. The maximum atomic E-state index is 11.5. The van der Waals surface area contributed by atoms with Gasteiger partial charge in [-0.15, -0.1) is 0 Å². The monoisotopic (exact) mass is 284 g/mol. The summed E-state index contributed by atoms with van der Waals surface area (Å²) < 4.78 is 2.40. The molecule has 0 unspecified atom stereocenters. The van der Waals surface area contributed by atoms with Crippen molar-refractivity contribution >= 4 is 17.0 Å². The Kier molecular flexibility index (Phi) is 2.65. The van der Waals surface area contributed by atoms with Crippen molar-refractivity contribution in [3.05, 3.63) is 29.6 Å². The van der Waals surface area contributed by atoms with Crippen LogP contribution in [0.2, 0.25) is 0 Å². The Hall–Kier alpha value is -1.84. The molecule has 2 aromatic rings. The lowest BCUT2D eigenvalue weighted by atomic mass is 9.74. The van der Waals surface area contributed by atoms with Crippen molar-refractivity contribution in [1.82, 2.24) is 9.55 Å². The fourth-order valence-corrected chi connectivity index (χ4v) is 3.72. The molecule has 1 aromatic carbocycles. The van der Waals surface area contributed by atoms with E-state index in [1.807, 2.05) is 12.1 Å². The van der Waals surface area contributed by atoms with Crippen LogP contribution in [0.1, 0.15) is 67.5 Å². The predicted molar refractivity (Wildman–Crippen MR) is 80.8 cm³/mol. The van der Waals surface area contributed by atoms with Gasteiger partial charge in [-0.3, -0.25) is 0 Å². The minimum Gasteiger partial charge on any atom is -0.478 e. The molecule has 1 N–H and O–H groups in total. The quantitative estimate of drug-likeness (QED) is 0.926. The van der Waals surface area contributed by atoms with E-state index in [4.69, 9.17) is 4.98 Å². The van der Waals surface area contributed by atoms with Crippen molar-refractivity contribution in [2.75, 3.05) is 0 Å². The Balaban J connectivity index is 2.01. The van der Waals surface area contributed by atoms with E-state index >= 15 is 0 Å². The molecule has 0 radical (unpaired) electrons. The molecule has 0 amide bonds. The van der Waals surface area contributed by atoms with E-state index in [9.17, 15) is 9.90 Å². The van der Waals surface area contributed by atoms with Crippen LogP contribution < -0.4 is 0 Å². The number of fused-ring (bicyclic) bond motifs is 1. The van der Waals surface area contributed by atoms with Crippen molar-refractivity contribution in [3.8, 4) is 0 Å². The Bertz CT molecular complexity index is 718. The number of imidazole rings is 1. The first-order valence-electron chi connectivity index (χ1n) is 7.91. The van der Waals surface area contributed by atoms with E-state index in [0.717, 1.165) is 17.8 Å². The highest BCUT2D eigenvalue weighted by molar-refractivity contribution is 6.01. The molecule has 2 aliphatic rings. The number of benzene rings is 1. The van der Waals surface area contributed by atoms with Gasteiger partial charge in [0.05, 0.1) is 11.1 Å². The zero-order valence-corrected chi connectivity index (χ0v) is 12.3. The van der Waals surface area contributed by atoms with Gasteiger partial charge < -0.3 is 9.67 Å². The average molecular weight is 284 g/mol. The zero-order valence-electron chi connectivity index (χ0n) is 12.3. The molecule has 0 aliphatic heterocycles. The number of rotatable bonds is 4. The zero-order chi connectivity index (χ0) is 14.6. The molecule has 110 valence electrons. The van der Waals surface area contributed by atoms with Gasteiger partial charge in [0.25, 0.3) is 0 Å². The second kappa shape index (κ2) is 4.33. The third kappa shape index (κ3) is 1.74. The lowest BCUT2D eigenvalue weighted by molar-refractivity contribution is 0.0699. The first kappa shape index (κ1) is 12.9. The van der Waals surface area contributed by atoms with E-state index in [2.05, 4.69) is 11.5 Å². The first-order valence-corrected chi connectivity index (χ1v) is 7.91. The first-order chi connectivity index (χ1) is 10.2. The van der Waals surface area contributed by atoms with Crippen LogP contribution in [0.15, 0.2) is 18.2 Å². The topological polar surface area (TPSA) is 55.1 Å². The minimum absolute atomic E-state index is 0.170. The second-order valence-corrected chi connectivity index (χ2v) is 6.49. The summed E-state index contributed by atoms with van der Waals surface area (Å²) in [5, 5.41) is 9.42. The van der Waals surface area contributed by atoms with Crippen molar-refractivity contribution < 1.29 is 9.90 Å². The smallest absolute Gasteiger partial charge is 0.337 e. The standard InChI is InChI=1S/C17H20N2O2/c1-2-17(9-4-10-17)19-13-6-3-5-12(16(20)21)14(13)18-15(19)11-7-8-11/h3,5-6,11H,2,4,7-10H2,1H3,(H,20,21). The highest BCUT2D eigenvalue weighted by Crippen LogP contribution is 2.49. The van der Waals surface area contributed by atoms with Crippen LogP contribution in [0.5, 0.6) is 0 Å². The highest BCUT2D eigenvalue weighted by atomic mass is 16.4. The number of hydrogen-bond donors (Lipinski definition) is 1. The van der Waals surface area contributed by atoms with Gasteiger partial charge in [0.2, 0.25) is 0 Å². The number of carboxylic acid groups (broad SMARTS) is 1. The molecule has 0 bridgehead atoms. The fourth-order valence-electron chi connectivity index (χ4n) is 3.72. The average Bonchev–Trinajstić information content (AvgIpc) is 3.20. The van der Waals surface area contributed by atoms with Gasteiger partial charge in [0, 0.05) is 11.5 Å². The maximum absolute atomic E-state index is 11.5. The summed E-state index contributed by atoms with van der Waals surface area (Å²) in [6, 6.07) is 5.55. The molecular weight excluding hydrogens is 264 g/mol. The largest absolute Gasteiger partial charge is 0.478 e. The molecule has 2 aliphatic carbocycles. The SMILES string of the molecule is CCC1(n2c(C3CC3)nc3c(C(=O)O)cccc32)CCC1. The third-order valence-electron chi connectivity index (χ3n) is 5.30. The summed E-state index contributed by atoms with van der Waals surface area (Å²) in [6.07, 6.45) is 7.10. The van der Waals surface area contributed by atoms with E-state index < -0.39 is 5.97 Å². The summed E-state index contributed by atoms with van der Waals surface area (Å²) in [4.78, 5) is 16.2. The van der Waals surface area contributed by atoms with Crippen LogP contribution >= 0.6 is 0 Å². The number of aromatic carboxylic acids is 1. The summed E-state index contributed by atoms with van der Waals surface area (Å²) in [5.41, 5.74) is 2.19.